The van der Waals surface area contributed by atoms with Crippen LogP contribution in [0.2, 0.25) is 0 Å². The van der Waals surface area contributed by atoms with Gasteiger partial charge in [0.05, 0.1) is 0 Å². The summed E-state index contributed by atoms with van der Waals surface area (Å²) < 4.78 is 66.3. The van der Waals surface area contributed by atoms with E-state index in [4.69, 9.17) is 0 Å². The van der Waals surface area contributed by atoms with Gasteiger partial charge in [0.2, 0.25) is 0 Å². The topological polar surface area (TPSA) is 82.3 Å². The van der Waals surface area contributed by atoms with E-state index in [-0.39, 0.29) is 24.2 Å². The van der Waals surface area contributed by atoms with E-state index in [1.165, 1.54) is 0 Å². The quantitative estimate of drug-likeness (QED) is 0.112. The standard InChI is InChI=1S/2C13H9F2N2O.2C5H5.Ti/c2*14-9-6-7-12(11(15)8-9)17-13(18)16-10-4-2-1-3-5-10;2*1-2-4-5-3-1;/h2*1-7H,(H2,16,17,18);2*1-3H,4H2;. The molecule has 0 aliphatic heterocycles. The zero-order chi connectivity index (χ0) is 33.0. The van der Waals surface area contributed by atoms with Gasteiger partial charge in [-0.3, -0.25) is 0 Å². The predicted octanol–water partition coefficient (Wildman–Crippen LogP) is 8.32. The number of allylic oxidation sites excluding steroid dienone is 8. The average molecular weight is 673 g/mol. The number of para-hydroxylation sites is 2. The number of carbonyl (C=O) groups is 2. The molecule has 2 aliphatic carbocycles. The van der Waals surface area contributed by atoms with Gasteiger partial charge in [-0.25, -0.2) is 0 Å². The summed E-state index contributed by atoms with van der Waals surface area (Å²) in [6.07, 6.45) is 10.6. The molecule has 236 valence electrons. The van der Waals surface area contributed by atoms with Crippen LogP contribution in [0.25, 0.3) is 0 Å². The van der Waals surface area contributed by atoms with E-state index in [9.17, 15) is 9.59 Å². The fraction of sp³-hybridized carbons (Fsp3) is 0.0556. The Kier molecular flexibility index (Phi) is 9.24. The number of hydrogen-bond acceptors (Lipinski definition) is 2. The molecule has 11 heteroatoms. The number of hydrogen-bond donors (Lipinski definition) is 4. The van der Waals surface area contributed by atoms with Gasteiger partial charge in [0.15, 0.2) is 0 Å². The third kappa shape index (κ3) is 6.30. The van der Waals surface area contributed by atoms with Gasteiger partial charge in [-0.2, -0.15) is 0 Å². The van der Waals surface area contributed by atoms with Crippen molar-refractivity contribution in [2.75, 3.05) is 21.3 Å². The van der Waals surface area contributed by atoms with Crippen molar-refractivity contribution in [2.45, 2.75) is 12.8 Å². The average Bonchev–Trinajstić information content (AvgIpc) is 3.80. The minimum atomic E-state index is -5.21. The van der Waals surface area contributed by atoms with Crippen LogP contribution in [0.1, 0.15) is 12.8 Å². The SMILES string of the molecule is O=C(Nc1ccccc1)Nc1ccc(F)[c]([Ti]([C]2=CC=CC2)([C]2=CC=CC2)[c]2c(F)ccc(NC(=O)Nc3ccccc3)c2F)c1F. The van der Waals surface area contributed by atoms with Gasteiger partial charge in [0.1, 0.15) is 0 Å². The van der Waals surface area contributed by atoms with Crippen LogP contribution in [0.5, 0.6) is 0 Å². The number of halogens is 4. The van der Waals surface area contributed by atoms with Crippen molar-refractivity contribution in [3.8, 4) is 0 Å². The van der Waals surface area contributed by atoms with Crippen LogP contribution in [0.3, 0.4) is 0 Å². The first-order chi connectivity index (χ1) is 22.8. The zero-order valence-corrected chi connectivity index (χ0v) is 26.4. The van der Waals surface area contributed by atoms with Crippen molar-refractivity contribution < 1.29 is 43.7 Å². The fourth-order valence-electron chi connectivity index (χ4n) is 6.02. The third-order valence-electron chi connectivity index (χ3n) is 8.00. The monoisotopic (exact) mass is 672 g/mol. The summed E-state index contributed by atoms with van der Waals surface area (Å²) in [7, 11) is 0. The molecule has 4 N–H and O–H groups in total. The van der Waals surface area contributed by atoms with E-state index in [2.05, 4.69) is 21.3 Å². The van der Waals surface area contributed by atoms with Gasteiger partial charge >= 0.3 is 273 Å². The van der Waals surface area contributed by atoms with Crippen molar-refractivity contribution in [3.05, 3.63) is 152 Å². The summed E-state index contributed by atoms with van der Waals surface area (Å²) in [6.45, 7) is 0. The summed E-state index contributed by atoms with van der Waals surface area (Å²) in [6, 6.07) is 19.5. The van der Waals surface area contributed by atoms with E-state index in [0.717, 1.165) is 24.3 Å². The molecule has 0 atom stereocenters. The fourth-order valence-corrected chi connectivity index (χ4v) is 14.3. The molecule has 0 bridgehead atoms. The van der Waals surface area contributed by atoms with E-state index in [0.29, 0.717) is 19.1 Å². The molecule has 6 rings (SSSR count). The molecule has 0 heterocycles. The Morgan fingerprint density at radius 2 is 0.936 bits per heavy atom. The Hall–Kier alpha value is -5.19. The van der Waals surface area contributed by atoms with Crippen molar-refractivity contribution >= 4 is 42.5 Å². The second kappa shape index (κ2) is 13.7. The number of anilines is 4. The molecule has 47 heavy (non-hydrogen) atoms. The number of rotatable bonds is 8. The Bertz CT molecular complexity index is 1840. The molecule has 0 fully saturated rings. The van der Waals surface area contributed by atoms with Gasteiger partial charge in [0, 0.05) is 0 Å². The summed E-state index contributed by atoms with van der Waals surface area (Å²) in [5.41, 5.74) is 0.156. The molecular formula is C36H28F4N4O2Ti. The number of benzene rings is 4. The summed E-state index contributed by atoms with van der Waals surface area (Å²) >= 11 is -5.21. The van der Waals surface area contributed by atoms with E-state index in [1.807, 2.05) is 0 Å². The van der Waals surface area contributed by atoms with Crippen molar-refractivity contribution in [2.24, 2.45) is 0 Å². The van der Waals surface area contributed by atoms with Gasteiger partial charge in [-0.15, -0.1) is 0 Å². The molecule has 4 aromatic rings. The second-order valence-corrected chi connectivity index (χ2v) is 16.8. The van der Waals surface area contributed by atoms with Crippen LogP contribution < -0.4 is 29.0 Å². The molecule has 0 unspecified atom stereocenters. The molecule has 4 aromatic carbocycles. The van der Waals surface area contributed by atoms with E-state index >= 15 is 17.6 Å². The first-order valence-electron chi connectivity index (χ1n) is 14.7. The first-order valence-corrected chi connectivity index (χ1v) is 17.9. The first kappa shape index (κ1) is 31.8. The number of urea groups is 2. The van der Waals surface area contributed by atoms with Crippen molar-refractivity contribution in [1.82, 2.24) is 0 Å². The van der Waals surface area contributed by atoms with Crippen molar-refractivity contribution in [1.29, 1.82) is 0 Å². The second-order valence-electron chi connectivity index (χ2n) is 10.9. The van der Waals surface area contributed by atoms with Crippen LogP contribution >= 0.6 is 0 Å². The van der Waals surface area contributed by atoms with Gasteiger partial charge in [-0.1, -0.05) is 0 Å². The van der Waals surface area contributed by atoms with Crippen LogP contribution in [0.4, 0.5) is 49.9 Å². The van der Waals surface area contributed by atoms with Gasteiger partial charge < -0.3 is 0 Å². The zero-order valence-electron chi connectivity index (χ0n) is 24.8. The van der Waals surface area contributed by atoms with E-state index in [1.54, 1.807) is 97.1 Å². The van der Waals surface area contributed by atoms with Crippen molar-refractivity contribution in [3.63, 3.8) is 0 Å². The normalized spacial score (nSPS) is 13.6. The Balaban J connectivity index is 1.50. The third-order valence-corrected chi connectivity index (χ3v) is 15.9. The summed E-state index contributed by atoms with van der Waals surface area (Å²) in [5, 5.41) is 10.1. The molecule has 0 saturated heterocycles. The van der Waals surface area contributed by atoms with Gasteiger partial charge in [-0.05, 0) is 0 Å². The Morgan fingerprint density at radius 1 is 0.532 bits per heavy atom. The molecule has 0 spiro atoms. The molecule has 4 amide bonds. The minimum absolute atomic E-state index is 0.202. The van der Waals surface area contributed by atoms with Crippen LogP contribution in [-0.4, -0.2) is 12.1 Å². The van der Waals surface area contributed by atoms with Crippen LogP contribution in [0.15, 0.2) is 129 Å². The number of amides is 4. The maximum atomic E-state index is 16.9. The van der Waals surface area contributed by atoms with Crippen LogP contribution in [0, 0.1) is 23.3 Å². The van der Waals surface area contributed by atoms with E-state index < -0.39 is 59.7 Å². The Morgan fingerprint density at radius 3 is 1.30 bits per heavy atom. The molecule has 0 radical (unpaired) electrons. The van der Waals surface area contributed by atoms with Gasteiger partial charge in [0.25, 0.3) is 0 Å². The maximum absolute atomic E-state index is 16.9. The van der Waals surface area contributed by atoms with Crippen LogP contribution in [-0.2, 0) is 16.6 Å². The molecular weight excluding hydrogens is 644 g/mol. The summed E-state index contributed by atoms with van der Waals surface area (Å²) in [4.78, 5) is 25.7. The summed E-state index contributed by atoms with van der Waals surface area (Å²) in [5.74, 6) is -4.27. The molecule has 0 aromatic heterocycles. The molecule has 6 nitrogen and oxygen atoms in total. The Labute approximate surface area is 271 Å². The molecule has 0 saturated carbocycles. The predicted molar refractivity (Wildman–Crippen MR) is 174 cm³/mol. The molecule has 2 aliphatic rings. The number of nitrogens with one attached hydrogen (secondary N) is 4. The number of carbonyl (C=O) groups excluding carboxylic acids is 2.